The SMILES string of the molecule is Nc1cc(-c2cccc(F)c2C(F)F)[nH]n1. The Hall–Kier alpha value is -1.98. The summed E-state index contributed by atoms with van der Waals surface area (Å²) in [4.78, 5) is 0. The van der Waals surface area contributed by atoms with E-state index in [2.05, 4.69) is 10.2 Å². The molecule has 0 amide bonds. The summed E-state index contributed by atoms with van der Waals surface area (Å²) in [5.74, 6) is -0.778. The number of nitrogens with zero attached hydrogens (tertiary/aromatic N) is 1. The largest absolute Gasteiger partial charge is 0.382 e. The first-order chi connectivity index (χ1) is 7.59. The molecule has 3 N–H and O–H groups in total. The fourth-order valence-electron chi connectivity index (χ4n) is 1.47. The zero-order chi connectivity index (χ0) is 11.7. The van der Waals surface area contributed by atoms with Crippen molar-refractivity contribution >= 4 is 5.82 Å². The molecule has 16 heavy (non-hydrogen) atoms. The molecule has 0 bridgehead atoms. The van der Waals surface area contributed by atoms with Crippen LogP contribution < -0.4 is 5.73 Å². The number of alkyl halides is 2. The molecule has 2 rings (SSSR count). The highest BCUT2D eigenvalue weighted by molar-refractivity contribution is 5.66. The van der Waals surface area contributed by atoms with Gasteiger partial charge >= 0.3 is 0 Å². The molecular weight excluding hydrogens is 219 g/mol. The van der Waals surface area contributed by atoms with Crippen LogP contribution in [0.4, 0.5) is 19.0 Å². The number of nitrogens with one attached hydrogen (secondary N) is 1. The van der Waals surface area contributed by atoms with Crippen molar-refractivity contribution in [1.82, 2.24) is 10.2 Å². The highest BCUT2D eigenvalue weighted by Gasteiger charge is 2.19. The van der Waals surface area contributed by atoms with Crippen LogP contribution in [0.25, 0.3) is 11.3 Å². The quantitative estimate of drug-likeness (QED) is 0.828. The maximum absolute atomic E-state index is 13.2. The van der Waals surface area contributed by atoms with Crippen LogP contribution in [-0.4, -0.2) is 10.2 Å². The Balaban J connectivity index is 2.60. The molecule has 0 radical (unpaired) electrons. The normalized spacial score (nSPS) is 11.0. The van der Waals surface area contributed by atoms with Crippen molar-refractivity contribution in [2.75, 3.05) is 5.73 Å². The van der Waals surface area contributed by atoms with Crippen LogP contribution in [0.3, 0.4) is 0 Å². The van der Waals surface area contributed by atoms with E-state index < -0.39 is 17.8 Å². The van der Waals surface area contributed by atoms with Crippen LogP contribution in [0, 0.1) is 5.82 Å². The second kappa shape index (κ2) is 3.88. The van der Waals surface area contributed by atoms with Crippen LogP contribution in [0.15, 0.2) is 24.3 Å². The Morgan fingerprint density at radius 1 is 1.31 bits per heavy atom. The Morgan fingerprint density at radius 3 is 2.62 bits per heavy atom. The summed E-state index contributed by atoms with van der Waals surface area (Å²) in [5, 5.41) is 6.08. The van der Waals surface area contributed by atoms with E-state index in [0.29, 0.717) is 0 Å². The molecule has 0 spiro atoms. The molecule has 0 aliphatic rings. The van der Waals surface area contributed by atoms with Crippen molar-refractivity contribution in [2.24, 2.45) is 0 Å². The Kier molecular flexibility index (Phi) is 2.55. The Bertz CT molecular complexity index is 508. The maximum atomic E-state index is 13.2. The predicted octanol–water partition coefficient (Wildman–Crippen LogP) is 2.74. The van der Waals surface area contributed by atoms with Gasteiger partial charge in [0.15, 0.2) is 0 Å². The molecule has 84 valence electrons. The number of aromatic amines is 1. The number of rotatable bonds is 2. The topological polar surface area (TPSA) is 54.7 Å². The minimum Gasteiger partial charge on any atom is -0.382 e. The number of hydrogen-bond donors (Lipinski definition) is 2. The predicted molar refractivity (Wildman–Crippen MR) is 53.4 cm³/mol. The number of nitrogens with two attached hydrogens (primary N) is 1. The first kappa shape index (κ1) is 10.5. The summed E-state index contributed by atoms with van der Waals surface area (Å²) in [6.07, 6.45) is -2.89. The third-order valence-electron chi connectivity index (χ3n) is 2.16. The van der Waals surface area contributed by atoms with Gasteiger partial charge in [0.25, 0.3) is 6.43 Å². The van der Waals surface area contributed by atoms with Crippen molar-refractivity contribution in [3.05, 3.63) is 35.6 Å². The zero-order valence-electron chi connectivity index (χ0n) is 8.05. The van der Waals surface area contributed by atoms with E-state index >= 15 is 0 Å². The smallest absolute Gasteiger partial charge is 0.267 e. The van der Waals surface area contributed by atoms with E-state index in [0.717, 1.165) is 6.07 Å². The molecule has 6 heteroatoms. The minimum absolute atomic E-state index is 0.0687. The lowest BCUT2D eigenvalue weighted by Crippen LogP contribution is -1.95. The summed E-state index contributed by atoms with van der Waals surface area (Å²) in [6, 6.07) is 5.11. The van der Waals surface area contributed by atoms with Gasteiger partial charge in [0, 0.05) is 11.6 Å². The van der Waals surface area contributed by atoms with Crippen LogP contribution in [0.2, 0.25) is 0 Å². The minimum atomic E-state index is -2.89. The van der Waals surface area contributed by atoms with Gasteiger partial charge in [0.1, 0.15) is 11.6 Å². The molecule has 0 aliphatic heterocycles. The number of nitrogen functional groups attached to an aromatic ring is 1. The van der Waals surface area contributed by atoms with E-state index in [4.69, 9.17) is 5.73 Å². The summed E-state index contributed by atoms with van der Waals surface area (Å²) < 4.78 is 38.6. The lowest BCUT2D eigenvalue weighted by atomic mass is 10.0. The van der Waals surface area contributed by atoms with Crippen molar-refractivity contribution in [3.8, 4) is 11.3 Å². The fraction of sp³-hybridized carbons (Fsp3) is 0.100. The number of hydrogen-bond acceptors (Lipinski definition) is 2. The molecule has 1 aromatic heterocycles. The second-order valence-corrected chi connectivity index (χ2v) is 3.21. The zero-order valence-corrected chi connectivity index (χ0v) is 8.05. The van der Waals surface area contributed by atoms with Gasteiger partial charge in [0.05, 0.1) is 11.3 Å². The van der Waals surface area contributed by atoms with E-state index in [1.807, 2.05) is 0 Å². The van der Waals surface area contributed by atoms with E-state index in [-0.39, 0.29) is 17.1 Å². The molecule has 0 atom stereocenters. The van der Waals surface area contributed by atoms with Crippen molar-refractivity contribution < 1.29 is 13.2 Å². The van der Waals surface area contributed by atoms with Gasteiger partial charge in [0.2, 0.25) is 0 Å². The number of halogens is 3. The lowest BCUT2D eigenvalue weighted by molar-refractivity contribution is 0.147. The standard InChI is InChI=1S/C10H8F3N3/c11-6-3-1-2-5(9(6)10(12)13)7-4-8(14)16-15-7/h1-4,10H,(H3,14,15,16). The fourth-order valence-corrected chi connectivity index (χ4v) is 1.47. The molecule has 0 aliphatic carbocycles. The van der Waals surface area contributed by atoms with Gasteiger partial charge in [-0.15, -0.1) is 0 Å². The highest BCUT2D eigenvalue weighted by atomic mass is 19.3. The molecule has 0 fully saturated rings. The van der Waals surface area contributed by atoms with Crippen LogP contribution >= 0.6 is 0 Å². The summed E-state index contributed by atoms with van der Waals surface area (Å²) in [7, 11) is 0. The third-order valence-corrected chi connectivity index (χ3v) is 2.16. The summed E-state index contributed by atoms with van der Waals surface area (Å²) in [6.45, 7) is 0. The van der Waals surface area contributed by atoms with E-state index in [9.17, 15) is 13.2 Å². The first-order valence-corrected chi connectivity index (χ1v) is 4.47. The van der Waals surface area contributed by atoms with Crippen LogP contribution in [0.5, 0.6) is 0 Å². The molecule has 2 aromatic rings. The summed E-state index contributed by atoms with van der Waals surface area (Å²) >= 11 is 0. The van der Waals surface area contributed by atoms with Crippen LogP contribution in [0.1, 0.15) is 12.0 Å². The average Bonchev–Trinajstić information content (AvgIpc) is 2.63. The van der Waals surface area contributed by atoms with Gasteiger partial charge < -0.3 is 5.73 Å². The average molecular weight is 227 g/mol. The third kappa shape index (κ3) is 1.73. The van der Waals surface area contributed by atoms with E-state index in [1.54, 1.807) is 0 Å². The van der Waals surface area contributed by atoms with Crippen molar-refractivity contribution in [3.63, 3.8) is 0 Å². The Morgan fingerprint density at radius 2 is 2.06 bits per heavy atom. The molecular formula is C10H8F3N3. The number of H-pyrrole nitrogens is 1. The molecule has 0 saturated heterocycles. The van der Waals surface area contributed by atoms with Gasteiger partial charge in [-0.25, -0.2) is 13.2 Å². The second-order valence-electron chi connectivity index (χ2n) is 3.21. The Labute approximate surface area is 89.1 Å². The lowest BCUT2D eigenvalue weighted by Gasteiger charge is -2.07. The van der Waals surface area contributed by atoms with Crippen molar-refractivity contribution in [2.45, 2.75) is 6.43 Å². The van der Waals surface area contributed by atoms with Gasteiger partial charge in [-0.1, -0.05) is 12.1 Å². The first-order valence-electron chi connectivity index (χ1n) is 4.47. The number of benzene rings is 1. The van der Waals surface area contributed by atoms with Gasteiger partial charge in [-0.3, -0.25) is 5.10 Å². The van der Waals surface area contributed by atoms with Gasteiger partial charge in [-0.2, -0.15) is 5.10 Å². The highest BCUT2D eigenvalue weighted by Crippen LogP contribution is 2.32. The molecule has 0 saturated carbocycles. The number of anilines is 1. The van der Waals surface area contributed by atoms with Gasteiger partial charge in [-0.05, 0) is 6.07 Å². The molecule has 1 aromatic carbocycles. The molecule has 3 nitrogen and oxygen atoms in total. The molecule has 1 heterocycles. The van der Waals surface area contributed by atoms with Crippen molar-refractivity contribution in [1.29, 1.82) is 0 Å². The summed E-state index contributed by atoms with van der Waals surface area (Å²) in [5.41, 5.74) is 5.05. The van der Waals surface area contributed by atoms with Crippen LogP contribution in [-0.2, 0) is 0 Å². The molecule has 0 unspecified atom stereocenters. The van der Waals surface area contributed by atoms with E-state index in [1.165, 1.54) is 18.2 Å². The maximum Gasteiger partial charge on any atom is 0.267 e. The monoisotopic (exact) mass is 227 g/mol. The number of aromatic nitrogens is 2.